The van der Waals surface area contributed by atoms with Gasteiger partial charge in [-0.25, -0.2) is 0 Å². The minimum Gasteiger partial charge on any atom is -0.496 e. The highest BCUT2D eigenvalue weighted by molar-refractivity contribution is 6.42. The molecule has 4 aromatic rings. The van der Waals surface area contributed by atoms with Crippen LogP contribution in [-0.2, 0) is 22.6 Å². The summed E-state index contributed by atoms with van der Waals surface area (Å²) < 4.78 is 11.1. The molecule has 3 aromatic carbocycles. The van der Waals surface area contributed by atoms with E-state index >= 15 is 0 Å². The van der Waals surface area contributed by atoms with Gasteiger partial charge in [0.25, 0.3) is 5.91 Å². The lowest BCUT2D eigenvalue weighted by molar-refractivity contribution is -0.131. The molecule has 1 heterocycles. The molecule has 0 bridgehead atoms. The molecule has 198 valence electrons. The Morgan fingerprint density at radius 2 is 1.76 bits per heavy atom. The number of ether oxygens (including phenoxy) is 2. The van der Waals surface area contributed by atoms with E-state index in [2.05, 4.69) is 10.3 Å². The molecular formula is C29H29Cl2N3O4. The van der Waals surface area contributed by atoms with Crippen LogP contribution in [0.4, 0.5) is 0 Å². The molecule has 38 heavy (non-hydrogen) atoms. The first kappa shape index (κ1) is 27.4. The number of hydrogen-bond acceptors (Lipinski definition) is 4. The highest BCUT2D eigenvalue weighted by atomic mass is 35.5. The van der Waals surface area contributed by atoms with E-state index in [9.17, 15) is 9.59 Å². The molecule has 0 radical (unpaired) electrons. The Kier molecular flexibility index (Phi) is 9.15. The second-order valence-corrected chi connectivity index (χ2v) is 9.72. The summed E-state index contributed by atoms with van der Waals surface area (Å²) in [7, 11) is 1.60. The number of carbonyl (C=O) groups excluding carboxylic acids is 2. The maximum atomic E-state index is 13.0. The monoisotopic (exact) mass is 553 g/mol. The van der Waals surface area contributed by atoms with Gasteiger partial charge in [-0.05, 0) is 36.2 Å². The van der Waals surface area contributed by atoms with Gasteiger partial charge in [-0.2, -0.15) is 0 Å². The standard InChI is InChI=1S/C29H29Cl2N3O4/c1-19(35)34(16-20-7-3-6-10-28(20)37-2)17-22(13-21-15-32-27-9-5-4-8-24(21)27)33-29(36)18-38-23-11-12-25(30)26(31)14-23/h3-12,14-15,22,32H,13,16-18H2,1-2H3,(H,33,36). The molecule has 7 nitrogen and oxygen atoms in total. The van der Waals surface area contributed by atoms with Crippen molar-refractivity contribution in [2.75, 3.05) is 20.3 Å². The number of para-hydroxylation sites is 2. The molecule has 0 aliphatic carbocycles. The summed E-state index contributed by atoms with van der Waals surface area (Å²) in [6.45, 7) is 1.95. The first-order valence-electron chi connectivity index (χ1n) is 12.1. The Hall–Kier alpha value is -3.68. The van der Waals surface area contributed by atoms with E-state index in [1.807, 2.05) is 54.7 Å². The second kappa shape index (κ2) is 12.7. The number of nitrogens with zero attached hydrogens (tertiary/aromatic N) is 1. The zero-order valence-electron chi connectivity index (χ0n) is 21.2. The Labute approximate surface area is 231 Å². The lowest BCUT2D eigenvalue weighted by atomic mass is 10.0. The summed E-state index contributed by atoms with van der Waals surface area (Å²) in [4.78, 5) is 30.6. The lowest BCUT2D eigenvalue weighted by Gasteiger charge is -2.28. The van der Waals surface area contributed by atoms with Gasteiger partial charge in [0, 0.05) is 48.7 Å². The quantitative estimate of drug-likeness (QED) is 0.252. The zero-order valence-corrected chi connectivity index (χ0v) is 22.7. The number of aromatic amines is 1. The number of fused-ring (bicyclic) bond motifs is 1. The average Bonchev–Trinajstić information content (AvgIpc) is 3.31. The third kappa shape index (κ3) is 7.00. The lowest BCUT2D eigenvalue weighted by Crippen LogP contribution is -2.47. The van der Waals surface area contributed by atoms with E-state index in [1.165, 1.54) is 6.92 Å². The molecule has 1 atom stereocenters. The summed E-state index contributed by atoms with van der Waals surface area (Å²) >= 11 is 12.0. The van der Waals surface area contributed by atoms with Gasteiger partial charge in [0.05, 0.1) is 23.2 Å². The van der Waals surface area contributed by atoms with E-state index in [0.29, 0.717) is 41.1 Å². The van der Waals surface area contributed by atoms with Crippen LogP contribution in [0.25, 0.3) is 10.9 Å². The number of amides is 2. The minimum atomic E-state index is -0.377. The normalized spacial score (nSPS) is 11.7. The third-order valence-electron chi connectivity index (χ3n) is 6.21. The number of halogens is 2. The van der Waals surface area contributed by atoms with Gasteiger partial charge in [0.1, 0.15) is 11.5 Å². The Balaban J connectivity index is 1.52. The van der Waals surface area contributed by atoms with Crippen molar-refractivity contribution in [1.82, 2.24) is 15.2 Å². The molecule has 0 spiro atoms. The maximum Gasteiger partial charge on any atom is 0.258 e. The van der Waals surface area contributed by atoms with Gasteiger partial charge in [-0.1, -0.05) is 59.6 Å². The molecule has 0 fully saturated rings. The zero-order chi connectivity index (χ0) is 27.1. The number of H-pyrrole nitrogens is 1. The number of rotatable bonds is 11. The minimum absolute atomic E-state index is 0.110. The smallest absolute Gasteiger partial charge is 0.258 e. The van der Waals surface area contributed by atoms with Crippen LogP contribution in [0, 0.1) is 0 Å². The molecule has 9 heteroatoms. The van der Waals surface area contributed by atoms with Gasteiger partial charge < -0.3 is 24.7 Å². The molecule has 0 aliphatic heterocycles. The molecule has 4 rings (SSSR count). The summed E-state index contributed by atoms with van der Waals surface area (Å²) in [6, 6.07) is 20.0. The van der Waals surface area contributed by atoms with Crippen molar-refractivity contribution in [3.8, 4) is 11.5 Å². The SMILES string of the molecule is COc1ccccc1CN(CC(Cc1c[nH]c2ccccc12)NC(=O)COc1ccc(Cl)c(Cl)c1)C(C)=O. The Morgan fingerprint density at radius 3 is 2.53 bits per heavy atom. The van der Waals surface area contributed by atoms with Crippen LogP contribution in [0.2, 0.25) is 10.0 Å². The Morgan fingerprint density at radius 1 is 1.00 bits per heavy atom. The van der Waals surface area contributed by atoms with Crippen molar-refractivity contribution >= 4 is 45.9 Å². The number of methoxy groups -OCH3 is 1. The van der Waals surface area contributed by atoms with Crippen molar-refractivity contribution in [2.24, 2.45) is 0 Å². The number of aromatic nitrogens is 1. The van der Waals surface area contributed by atoms with Crippen molar-refractivity contribution in [1.29, 1.82) is 0 Å². The van der Waals surface area contributed by atoms with Gasteiger partial charge in [-0.3, -0.25) is 9.59 Å². The van der Waals surface area contributed by atoms with Crippen LogP contribution < -0.4 is 14.8 Å². The number of carbonyl (C=O) groups is 2. The van der Waals surface area contributed by atoms with Gasteiger partial charge in [0.15, 0.2) is 6.61 Å². The van der Waals surface area contributed by atoms with E-state index in [-0.39, 0.29) is 24.5 Å². The van der Waals surface area contributed by atoms with Crippen molar-refractivity contribution in [3.63, 3.8) is 0 Å². The second-order valence-electron chi connectivity index (χ2n) is 8.90. The van der Waals surface area contributed by atoms with E-state index < -0.39 is 0 Å². The topological polar surface area (TPSA) is 83.7 Å². The summed E-state index contributed by atoms with van der Waals surface area (Å²) in [5, 5.41) is 4.87. The number of hydrogen-bond donors (Lipinski definition) is 2. The highest BCUT2D eigenvalue weighted by Crippen LogP contribution is 2.26. The van der Waals surface area contributed by atoms with E-state index in [1.54, 1.807) is 30.2 Å². The molecule has 2 amide bonds. The van der Waals surface area contributed by atoms with Crippen LogP contribution in [0.15, 0.2) is 72.9 Å². The predicted octanol–water partition coefficient (Wildman–Crippen LogP) is 5.64. The van der Waals surface area contributed by atoms with Crippen molar-refractivity contribution < 1.29 is 19.1 Å². The molecule has 0 aliphatic rings. The highest BCUT2D eigenvalue weighted by Gasteiger charge is 2.22. The first-order valence-corrected chi connectivity index (χ1v) is 12.9. The van der Waals surface area contributed by atoms with Crippen LogP contribution >= 0.6 is 23.2 Å². The summed E-state index contributed by atoms with van der Waals surface area (Å²) in [5.74, 6) is 0.707. The first-order chi connectivity index (χ1) is 18.3. The van der Waals surface area contributed by atoms with Crippen LogP contribution in [0.3, 0.4) is 0 Å². The summed E-state index contributed by atoms with van der Waals surface area (Å²) in [6.07, 6.45) is 2.45. The van der Waals surface area contributed by atoms with Crippen LogP contribution in [0.5, 0.6) is 11.5 Å². The molecule has 1 unspecified atom stereocenters. The van der Waals surface area contributed by atoms with E-state index in [0.717, 1.165) is 22.0 Å². The number of nitrogens with one attached hydrogen (secondary N) is 2. The van der Waals surface area contributed by atoms with Crippen molar-refractivity contribution in [3.05, 3.63) is 94.1 Å². The largest absolute Gasteiger partial charge is 0.496 e. The average molecular weight is 554 g/mol. The van der Waals surface area contributed by atoms with Gasteiger partial charge >= 0.3 is 0 Å². The molecule has 1 aromatic heterocycles. The van der Waals surface area contributed by atoms with E-state index in [4.69, 9.17) is 32.7 Å². The number of benzene rings is 3. The molecule has 2 N–H and O–H groups in total. The summed E-state index contributed by atoms with van der Waals surface area (Å²) in [5.41, 5.74) is 2.93. The molecular weight excluding hydrogens is 525 g/mol. The van der Waals surface area contributed by atoms with Gasteiger partial charge in [0.2, 0.25) is 5.91 Å². The van der Waals surface area contributed by atoms with Crippen molar-refractivity contribution in [2.45, 2.75) is 25.9 Å². The predicted molar refractivity (Wildman–Crippen MR) is 150 cm³/mol. The fourth-order valence-corrected chi connectivity index (χ4v) is 4.61. The van der Waals surface area contributed by atoms with Gasteiger partial charge in [-0.15, -0.1) is 0 Å². The maximum absolute atomic E-state index is 13.0. The fraction of sp³-hybridized carbons (Fsp3) is 0.241. The fourth-order valence-electron chi connectivity index (χ4n) is 4.32. The third-order valence-corrected chi connectivity index (χ3v) is 6.95. The van der Waals surface area contributed by atoms with Crippen LogP contribution in [-0.4, -0.2) is 48.0 Å². The van der Waals surface area contributed by atoms with Crippen LogP contribution in [0.1, 0.15) is 18.1 Å². The Bertz CT molecular complexity index is 1420. The molecule has 0 saturated carbocycles. The molecule has 0 saturated heterocycles.